The summed E-state index contributed by atoms with van der Waals surface area (Å²) < 4.78 is 5.65. The van der Waals surface area contributed by atoms with Crippen molar-refractivity contribution in [1.29, 1.82) is 0 Å². The molecule has 0 saturated heterocycles. The number of rotatable bonds is 5. The highest BCUT2D eigenvalue weighted by molar-refractivity contribution is 5.88. The highest BCUT2D eigenvalue weighted by Gasteiger charge is 2.22. The molecule has 1 aromatic carbocycles. The minimum absolute atomic E-state index is 0.122. The molecule has 0 radical (unpaired) electrons. The standard InChI is InChI=1S/C16H21NO4/c1-10-9-12(16(19)20)7-8-14(10)21-11(2)15(18)17-13-5-3-4-6-13/h7-9,11,13H,3-6H2,1-2H3,(H,17,18)(H,19,20). The first-order chi connectivity index (χ1) is 9.97. The van der Waals surface area contributed by atoms with E-state index in [1.807, 2.05) is 0 Å². The summed E-state index contributed by atoms with van der Waals surface area (Å²) in [5.41, 5.74) is 0.915. The van der Waals surface area contributed by atoms with Crippen molar-refractivity contribution in [2.24, 2.45) is 0 Å². The molecule has 1 unspecified atom stereocenters. The molecule has 1 aliphatic rings. The number of hydrogen-bond donors (Lipinski definition) is 2. The van der Waals surface area contributed by atoms with Gasteiger partial charge in [0.25, 0.3) is 5.91 Å². The zero-order valence-corrected chi connectivity index (χ0v) is 12.4. The molecule has 21 heavy (non-hydrogen) atoms. The fourth-order valence-electron chi connectivity index (χ4n) is 2.55. The third-order valence-electron chi connectivity index (χ3n) is 3.80. The van der Waals surface area contributed by atoms with Gasteiger partial charge in [-0.1, -0.05) is 12.8 Å². The van der Waals surface area contributed by atoms with Crippen molar-refractivity contribution < 1.29 is 19.4 Å². The van der Waals surface area contributed by atoms with Crippen LogP contribution in [0.15, 0.2) is 18.2 Å². The molecule has 114 valence electrons. The smallest absolute Gasteiger partial charge is 0.335 e. The molecule has 1 saturated carbocycles. The first-order valence-electron chi connectivity index (χ1n) is 7.28. The maximum atomic E-state index is 12.1. The maximum Gasteiger partial charge on any atom is 0.335 e. The molecule has 2 rings (SSSR count). The molecule has 1 amide bonds. The van der Waals surface area contributed by atoms with Gasteiger partial charge in [0.05, 0.1) is 5.56 Å². The molecule has 0 heterocycles. The summed E-state index contributed by atoms with van der Waals surface area (Å²) in [4.78, 5) is 22.9. The zero-order chi connectivity index (χ0) is 15.4. The van der Waals surface area contributed by atoms with E-state index in [-0.39, 0.29) is 17.5 Å². The number of carbonyl (C=O) groups excluding carboxylic acids is 1. The third kappa shape index (κ3) is 3.97. The summed E-state index contributed by atoms with van der Waals surface area (Å²) >= 11 is 0. The number of benzene rings is 1. The molecule has 2 N–H and O–H groups in total. The quantitative estimate of drug-likeness (QED) is 0.874. The Morgan fingerprint density at radius 3 is 2.57 bits per heavy atom. The monoisotopic (exact) mass is 291 g/mol. The number of carboxylic acid groups (broad SMARTS) is 1. The van der Waals surface area contributed by atoms with Crippen LogP contribution in [0.3, 0.4) is 0 Å². The number of ether oxygens (including phenoxy) is 1. The van der Waals surface area contributed by atoms with Gasteiger partial charge in [0, 0.05) is 6.04 Å². The van der Waals surface area contributed by atoms with E-state index < -0.39 is 12.1 Å². The molecule has 0 spiro atoms. The number of nitrogens with one attached hydrogen (secondary N) is 1. The van der Waals surface area contributed by atoms with E-state index in [0.717, 1.165) is 25.7 Å². The van der Waals surface area contributed by atoms with Crippen molar-refractivity contribution >= 4 is 11.9 Å². The highest BCUT2D eigenvalue weighted by Crippen LogP contribution is 2.21. The lowest BCUT2D eigenvalue weighted by atomic mass is 10.1. The molecule has 1 aliphatic carbocycles. The molecule has 1 atom stereocenters. The van der Waals surface area contributed by atoms with Crippen LogP contribution in [0, 0.1) is 6.92 Å². The number of hydrogen-bond acceptors (Lipinski definition) is 3. The molecule has 1 fully saturated rings. The van der Waals surface area contributed by atoms with Gasteiger partial charge < -0.3 is 15.2 Å². The summed E-state index contributed by atoms with van der Waals surface area (Å²) in [6, 6.07) is 4.88. The maximum absolute atomic E-state index is 12.1. The van der Waals surface area contributed by atoms with Gasteiger partial charge in [0.15, 0.2) is 6.10 Å². The SMILES string of the molecule is Cc1cc(C(=O)O)ccc1OC(C)C(=O)NC1CCCC1. The zero-order valence-electron chi connectivity index (χ0n) is 12.4. The summed E-state index contributed by atoms with van der Waals surface area (Å²) in [6.45, 7) is 3.47. The second-order valence-electron chi connectivity index (χ2n) is 5.54. The predicted octanol–water partition coefficient (Wildman–Crippen LogP) is 2.52. The molecule has 0 bridgehead atoms. The summed E-state index contributed by atoms with van der Waals surface area (Å²) in [5, 5.41) is 11.9. The van der Waals surface area contributed by atoms with Crippen LogP contribution in [-0.4, -0.2) is 29.1 Å². The van der Waals surface area contributed by atoms with Gasteiger partial charge in [-0.2, -0.15) is 0 Å². The van der Waals surface area contributed by atoms with Crippen LogP contribution in [0.25, 0.3) is 0 Å². The predicted molar refractivity (Wildman–Crippen MR) is 78.6 cm³/mol. The average Bonchev–Trinajstić information content (AvgIpc) is 2.93. The van der Waals surface area contributed by atoms with E-state index in [1.54, 1.807) is 26.0 Å². The molecule has 0 aliphatic heterocycles. The van der Waals surface area contributed by atoms with Crippen molar-refractivity contribution in [2.75, 3.05) is 0 Å². The van der Waals surface area contributed by atoms with Gasteiger partial charge in [-0.15, -0.1) is 0 Å². The van der Waals surface area contributed by atoms with E-state index in [9.17, 15) is 9.59 Å². The van der Waals surface area contributed by atoms with E-state index in [1.165, 1.54) is 6.07 Å². The fourth-order valence-corrected chi connectivity index (χ4v) is 2.55. The van der Waals surface area contributed by atoms with Crippen LogP contribution >= 0.6 is 0 Å². The van der Waals surface area contributed by atoms with Gasteiger partial charge in [-0.3, -0.25) is 4.79 Å². The van der Waals surface area contributed by atoms with Crippen LogP contribution in [0.5, 0.6) is 5.75 Å². The number of aryl methyl sites for hydroxylation is 1. The lowest BCUT2D eigenvalue weighted by Crippen LogP contribution is -2.41. The Labute approximate surface area is 124 Å². The van der Waals surface area contributed by atoms with Crippen LogP contribution in [-0.2, 0) is 4.79 Å². The number of aromatic carboxylic acids is 1. The number of carbonyl (C=O) groups is 2. The molecule has 1 aromatic rings. The highest BCUT2D eigenvalue weighted by atomic mass is 16.5. The van der Waals surface area contributed by atoms with Gasteiger partial charge in [-0.05, 0) is 50.5 Å². The number of amides is 1. The third-order valence-corrected chi connectivity index (χ3v) is 3.80. The molecular formula is C16H21NO4. The molecule has 0 aromatic heterocycles. The van der Waals surface area contributed by atoms with Gasteiger partial charge in [-0.25, -0.2) is 4.79 Å². The lowest BCUT2D eigenvalue weighted by molar-refractivity contribution is -0.127. The lowest BCUT2D eigenvalue weighted by Gasteiger charge is -2.19. The first kappa shape index (κ1) is 15.4. The Morgan fingerprint density at radius 1 is 1.33 bits per heavy atom. The van der Waals surface area contributed by atoms with Crippen molar-refractivity contribution in [2.45, 2.75) is 51.7 Å². The van der Waals surface area contributed by atoms with Crippen LogP contribution in [0.1, 0.15) is 48.5 Å². The Morgan fingerprint density at radius 2 is 2.00 bits per heavy atom. The normalized spacial score (nSPS) is 16.5. The van der Waals surface area contributed by atoms with Crippen molar-refractivity contribution in [3.05, 3.63) is 29.3 Å². The van der Waals surface area contributed by atoms with Crippen LogP contribution in [0.4, 0.5) is 0 Å². The van der Waals surface area contributed by atoms with E-state index in [0.29, 0.717) is 11.3 Å². The fraction of sp³-hybridized carbons (Fsp3) is 0.500. The Balaban J connectivity index is 1.96. The van der Waals surface area contributed by atoms with E-state index >= 15 is 0 Å². The molecule has 5 heteroatoms. The van der Waals surface area contributed by atoms with E-state index in [4.69, 9.17) is 9.84 Å². The minimum Gasteiger partial charge on any atom is -0.481 e. The number of carboxylic acids is 1. The second kappa shape index (κ2) is 6.61. The Kier molecular flexibility index (Phi) is 4.83. The molecular weight excluding hydrogens is 270 g/mol. The van der Waals surface area contributed by atoms with Gasteiger partial charge in [0.2, 0.25) is 0 Å². The van der Waals surface area contributed by atoms with Crippen molar-refractivity contribution in [3.8, 4) is 5.75 Å². The first-order valence-corrected chi connectivity index (χ1v) is 7.28. The second-order valence-corrected chi connectivity index (χ2v) is 5.54. The van der Waals surface area contributed by atoms with Gasteiger partial charge >= 0.3 is 5.97 Å². The van der Waals surface area contributed by atoms with Crippen molar-refractivity contribution in [1.82, 2.24) is 5.32 Å². The summed E-state index contributed by atoms with van der Waals surface area (Å²) in [6.07, 6.45) is 3.79. The van der Waals surface area contributed by atoms with Crippen LogP contribution in [0.2, 0.25) is 0 Å². The minimum atomic E-state index is -0.975. The Bertz CT molecular complexity index is 535. The van der Waals surface area contributed by atoms with Crippen LogP contribution < -0.4 is 10.1 Å². The summed E-state index contributed by atoms with van der Waals surface area (Å²) in [7, 11) is 0. The largest absolute Gasteiger partial charge is 0.481 e. The molecule has 5 nitrogen and oxygen atoms in total. The topological polar surface area (TPSA) is 75.6 Å². The van der Waals surface area contributed by atoms with E-state index in [2.05, 4.69) is 5.32 Å². The average molecular weight is 291 g/mol. The van der Waals surface area contributed by atoms with Gasteiger partial charge in [0.1, 0.15) is 5.75 Å². The Hall–Kier alpha value is -2.04. The van der Waals surface area contributed by atoms with Crippen molar-refractivity contribution in [3.63, 3.8) is 0 Å². The summed E-state index contributed by atoms with van der Waals surface area (Å²) in [5.74, 6) is -0.561.